The Kier molecular flexibility index (Phi) is 4.35. The van der Waals surface area contributed by atoms with Crippen LogP contribution in [-0.4, -0.2) is 39.6 Å². The number of phenolic OH excluding ortho intramolecular Hbond substituents is 1. The third-order valence-corrected chi connectivity index (χ3v) is 2.63. The Balaban J connectivity index is 2.25. The van der Waals surface area contributed by atoms with Crippen molar-refractivity contribution in [3.05, 3.63) is 33.5 Å². The summed E-state index contributed by atoms with van der Waals surface area (Å²) in [5.74, 6) is -1.76. The quantitative estimate of drug-likeness (QED) is 0.389. The molecule has 120 valence electrons. The molecule has 0 saturated heterocycles. The maximum Gasteiger partial charge on any atom is 0.323 e. The van der Waals surface area contributed by atoms with Crippen molar-refractivity contribution >= 4 is 23.6 Å². The number of benzene rings is 1. The molecule has 4 N–H and O–H groups in total. The Morgan fingerprint density at radius 2 is 2.30 bits per heavy atom. The van der Waals surface area contributed by atoms with Gasteiger partial charge in [-0.1, -0.05) is 0 Å². The lowest BCUT2D eigenvalue weighted by Gasteiger charge is -2.05. The maximum atomic E-state index is 11.6. The number of carbonyl (C=O) groups is 1. The number of nitrogens with one attached hydrogen (secondary N) is 1. The molecular formula is C11H10N6O6. The lowest BCUT2D eigenvalue weighted by atomic mass is 10.1. The minimum Gasteiger partial charge on any atom is -0.504 e. The summed E-state index contributed by atoms with van der Waals surface area (Å²) >= 11 is 0. The highest BCUT2D eigenvalue weighted by molar-refractivity contribution is 5.97. The third-order valence-electron chi connectivity index (χ3n) is 2.63. The van der Waals surface area contributed by atoms with Crippen LogP contribution < -0.4 is 15.9 Å². The molecule has 12 heteroatoms. The van der Waals surface area contributed by atoms with Crippen molar-refractivity contribution in [3.8, 4) is 11.5 Å². The van der Waals surface area contributed by atoms with E-state index in [-0.39, 0.29) is 22.8 Å². The minimum absolute atomic E-state index is 0.00352. The number of aromatic nitrogens is 2. The molecule has 0 aliphatic heterocycles. The topological polar surface area (TPSA) is 179 Å². The van der Waals surface area contributed by atoms with E-state index in [4.69, 9.17) is 10.5 Å². The number of hydrazone groups is 1. The summed E-state index contributed by atoms with van der Waals surface area (Å²) in [5.41, 5.74) is 6.60. The first-order valence-corrected chi connectivity index (χ1v) is 5.91. The zero-order chi connectivity index (χ0) is 17.0. The van der Waals surface area contributed by atoms with Gasteiger partial charge in [0.05, 0.1) is 23.8 Å². The number of nitrogens with two attached hydrogens (primary N) is 1. The van der Waals surface area contributed by atoms with E-state index in [1.165, 1.54) is 19.2 Å². The van der Waals surface area contributed by atoms with Gasteiger partial charge < -0.3 is 15.6 Å². The zero-order valence-electron chi connectivity index (χ0n) is 11.6. The summed E-state index contributed by atoms with van der Waals surface area (Å²) in [7, 11) is 1.17. The normalized spacial score (nSPS) is 10.7. The van der Waals surface area contributed by atoms with Gasteiger partial charge in [-0.3, -0.25) is 14.9 Å². The average molecular weight is 322 g/mol. The molecule has 1 aromatic carbocycles. The highest BCUT2D eigenvalue weighted by Crippen LogP contribution is 2.37. The molecule has 1 aromatic heterocycles. The van der Waals surface area contributed by atoms with Gasteiger partial charge in [-0.25, -0.2) is 10.1 Å². The van der Waals surface area contributed by atoms with Crippen LogP contribution in [0.4, 0.5) is 11.5 Å². The highest BCUT2D eigenvalue weighted by Gasteiger charge is 2.23. The highest BCUT2D eigenvalue weighted by atomic mass is 16.6. The smallest absolute Gasteiger partial charge is 0.323 e. The van der Waals surface area contributed by atoms with Crippen molar-refractivity contribution in [1.29, 1.82) is 0 Å². The molecule has 23 heavy (non-hydrogen) atoms. The van der Waals surface area contributed by atoms with Crippen molar-refractivity contribution in [3.63, 3.8) is 0 Å². The molecule has 1 amide bonds. The Labute approximate surface area is 127 Å². The van der Waals surface area contributed by atoms with E-state index < -0.39 is 22.3 Å². The molecule has 0 radical (unpaired) electrons. The first-order valence-electron chi connectivity index (χ1n) is 5.91. The molecule has 0 saturated carbocycles. The molecule has 1 heterocycles. The Morgan fingerprint density at radius 3 is 2.87 bits per heavy atom. The van der Waals surface area contributed by atoms with Crippen LogP contribution in [0.15, 0.2) is 21.9 Å². The summed E-state index contributed by atoms with van der Waals surface area (Å²) in [4.78, 5) is 22.0. The van der Waals surface area contributed by atoms with Crippen molar-refractivity contribution in [2.24, 2.45) is 5.10 Å². The van der Waals surface area contributed by atoms with Gasteiger partial charge in [-0.15, -0.1) is 0 Å². The van der Waals surface area contributed by atoms with Gasteiger partial charge in [0.15, 0.2) is 5.75 Å². The molecule has 0 unspecified atom stereocenters. The fraction of sp³-hybridized carbons (Fsp3) is 0.0909. The van der Waals surface area contributed by atoms with Crippen molar-refractivity contribution < 1.29 is 24.2 Å². The number of methoxy groups -OCH3 is 1. The van der Waals surface area contributed by atoms with E-state index in [9.17, 15) is 20.0 Å². The largest absolute Gasteiger partial charge is 0.504 e. The van der Waals surface area contributed by atoms with Gasteiger partial charge in [-0.2, -0.15) is 5.10 Å². The Bertz CT molecular complexity index is 785. The molecular weight excluding hydrogens is 312 g/mol. The number of nitrogen functional groups attached to an aromatic ring is 1. The van der Waals surface area contributed by atoms with E-state index in [1.807, 2.05) is 0 Å². The molecule has 0 aliphatic rings. The predicted octanol–water partition coefficient (Wildman–Crippen LogP) is 0.0381. The van der Waals surface area contributed by atoms with E-state index >= 15 is 0 Å². The first kappa shape index (κ1) is 15.7. The van der Waals surface area contributed by atoms with Crippen molar-refractivity contribution in [2.75, 3.05) is 12.8 Å². The number of ether oxygens (including phenoxy) is 1. The molecule has 0 spiro atoms. The summed E-state index contributed by atoms with van der Waals surface area (Å²) in [5, 5.41) is 30.7. The lowest BCUT2D eigenvalue weighted by molar-refractivity contribution is -0.386. The number of aromatic hydroxyl groups is 1. The first-order chi connectivity index (χ1) is 11.0. The second-order valence-corrected chi connectivity index (χ2v) is 4.01. The molecule has 0 atom stereocenters. The molecule has 12 nitrogen and oxygen atoms in total. The lowest BCUT2D eigenvalue weighted by Crippen LogP contribution is -2.19. The van der Waals surface area contributed by atoms with E-state index in [1.54, 1.807) is 0 Å². The Morgan fingerprint density at radius 1 is 1.57 bits per heavy atom. The monoisotopic (exact) mass is 322 g/mol. The summed E-state index contributed by atoms with van der Waals surface area (Å²) < 4.78 is 9.05. The number of phenols is 1. The number of anilines is 1. The van der Waals surface area contributed by atoms with E-state index in [2.05, 4.69) is 25.5 Å². The van der Waals surface area contributed by atoms with Crippen LogP contribution in [0.2, 0.25) is 0 Å². The fourth-order valence-electron chi connectivity index (χ4n) is 1.64. The van der Waals surface area contributed by atoms with Crippen LogP contribution in [0.3, 0.4) is 0 Å². The van der Waals surface area contributed by atoms with Gasteiger partial charge in [0.2, 0.25) is 17.3 Å². The zero-order valence-corrected chi connectivity index (χ0v) is 11.6. The average Bonchev–Trinajstić information content (AvgIpc) is 2.94. The molecule has 0 fully saturated rings. The fourth-order valence-corrected chi connectivity index (χ4v) is 1.64. The SMILES string of the molecule is COc1c(O)ccc(/C=N/NC(=O)c2nonc2N)c1[N+](=O)[O-]. The molecule has 2 rings (SSSR count). The molecule has 0 aliphatic carbocycles. The van der Waals surface area contributed by atoms with Gasteiger partial charge in [-0.05, 0) is 22.4 Å². The van der Waals surface area contributed by atoms with Gasteiger partial charge in [0.1, 0.15) is 0 Å². The van der Waals surface area contributed by atoms with Gasteiger partial charge >= 0.3 is 5.69 Å². The minimum atomic E-state index is -0.812. The van der Waals surface area contributed by atoms with Crippen molar-refractivity contribution in [2.45, 2.75) is 0 Å². The van der Waals surface area contributed by atoms with Gasteiger partial charge in [0.25, 0.3) is 5.91 Å². The number of rotatable bonds is 5. The number of carbonyl (C=O) groups excluding carboxylic acids is 1. The number of nitro benzene ring substituents is 1. The second-order valence-electron chi connectivity index (χ2n) is 4.01. The summed E-state index contributed by atoms with van der Waals surface area (Å²) in [6, 6.07) is 2.42. The van der Waals surface area contributed by atoms with Crippen LogP contribution in [0, 0.1) is 10.1 Å². The van der Waals surface area contributed by atoms with Crippen LogP contribution in [0.5, 0.6) is 11.5 Å². The predicted molar refractivity (Wildman–Crippen MR) is 75.1 cm³/mol. The van der Waals surface area contributed by atoms with Gasteiger partial charge in [0, 0.05) is 0 Å². The van der Waals surface area contributed by atoms with Crippen LogP contribution in [-0.2, 0) is 0 Å². The van der Waals surface area contributed by atoms with Crippen LogP contribution >= 0.6 is 0 Å². The number of nitrogens with zero attached hydrogens (tertiary/aromatic N) is 4. The van der Waals surface area contributed by atoms with Crippen molar-refractivity contribution in [1.82, 2.24) is 15.7 Å². The summed E-state index contributed by atoms with van der Waals surface area (Å²) in [6.07, 6.45) is 1.00. The molecule has 0 bridgehead atoms. The second kappa shape index (κ2) is 6.38. The van der Waals surface area contributed by atoms with E-state index in [0.717, 1.165) is 6.21 Å². The molecule has 2 aromatic rings. The number of hydrogen-bond acceptors (Lipinski definition) is 10. The van der Waals surface area contributed by atoms with Crippen LogP contribution in [0.25, 0.3) is 0 Å². The third kappa shape index (κ3) is 3.15. The number of nitro groups is 1. The van der Waals surface area contributed by atoms with Crippen LogP contribution in [0.1, 0.15) is 16.1 Å². The maximum absolute atomic E-state index is 11.6. The standard InChI is InChI=1S/C11H10N6O6/c1-22-9-6(18)3-2-5(8(9)17(20)21)4-13-14-11(19)7-10(12)16-23-15-7/h2-4,18H,1H3,(H2,12,16)(H,14,19)/b13-4+. The summed E-state index contributed by atoms with van der Waals surface area (Å²) in [6.45, 7) is 0. The number of amides is 1. The Hall–Kier alpha value is -3.70. The number of hydrogen-bond donors (Lipinski definition) is 3. The van der Waals surface area contributed by atoms with E-state index in [0.29, 0.717) is 0 Å².